The highest BCUT2D eigenvalue weighted by Gasteiger charge is 2.18. The number of rotatable bonds is 8. The third-order valence-corrected chi connectivity index (χ3v) is 11.6. The molecule has 2 nitrogen and oxygen atoms in total. The molecule has 60 heavy (non-hydrogen) atoms. The van der Waals surface area contributed by atoms with Crippen molar-refractivity contribution in [3.8, 4) is 55.6 Å². The van der Waals surface area contributed by atoms with Gasteiger partial charge in [-0.15, -0.1) is 0 Å². The number of hydrogen-bond acceptors (Lipinski definition) is 2. The Morgan fingerprint density at radius 3 is 1.38 bits per heavy atom. The topological polar surface area (TPSA) is 16.4 Å². The molecule has 1 aromatic heterocycles. The monoisotopic (exact) mass is 765 g/mol. The van der Waals surface area contributed by atoms with Gasteiger partial charge in [-0.05, 0) is 133 Å². The fourth-order valence-corrected chi connectivity index (χ4v) is 8.65. The van der Waals surface area contributed by atoms with Crippen molar-refractivity contribution in [2.75, 3.05) is 4.90 Å². The molecule has 282 valence electrons. The van der Waals surface area contributed by atoms with Gasteiger partial charge in [0.15, 0.2) is 0 Å². The Labute approximate surface area is 349 Å². The van der Waals surface area contributed by atoms with E-state index in [0.29, 0.717) is 0 Å². The summed E-state index contributed by atoms with van der Waals surface area (Å²) in [7, 11) is 0. The molecule has 11 rings (SSSR count). The van der Waals surface area contributed by atoms with Crippen LogP contribution >= 0.6 is 0 Å². The molecule has 0 saturated carbocycles. The molecule has 0 N–H and O–H groups in total. The Bertz CT molecular complexity index is 3310. The third-order valence-electron chi connectivity index (χ3n) is 11.6. The Balaban J connectivity index is 1.00. The lowest BCUT2D eigenvalue weighted by atomic mass is 9.97. The molecule has 0 atom stereocenters. The number of fused-ring (bicyclic) bond motifs is 4. The molecular weight excluding hydrogens is 727 g/mol. The van der Waals surface area contributed by atoms with E-state index in [1.807, 2.05) is 12.1 Å². The van der Waals surface area contributed by atoms with Crippen LogP contribution < -0.4 is 4.90 Å². The van der Waals surface area contributed by atoms with Crippen LogP contribution in [0.4, 0.5) is 17.1 Å². The average Bonchev–Trinajstić information content (AvgIpc) is 3.72. The maximum absolute atomic E-state index is 6.31. The maximum Gasteiger partial charge on any atom is 0.136 e. The normalized spacial score (nSPS) is 11.3. The van der Waals surface area contributed by atoms with Crippen LogP contribution in [-0.2, 0) is 0 Å². The summed E-state index contributed by atoms with van der Waals surface area (Å²) in [4.78, 5) is 2.37. The summed E-state index contributed by atoms with van der Waals surface area (Å²) in [5.74, 6) is 0. The quantitative estimate of drug-likeness (QED) is 0.153. The van der Waals surface area contributed by atoms with E-state index in [0.717, 1.165) is 55.7 Å². The molecule has 0 spiro atoms. The molecular formula is C58H39NO. The molecule has 0 fully saturated rings. The number of anilines is 3. The van der Waals surface area contributed by atoms with Gasteiger partial charge in [0.25, 0.3) is 0 Å². The lowest BCUT2D eigenvalue weighted by Gasteiger charge is -2.27. The minimum atomic E-state index is 0.891. The second-order valence-electron chi connectivity index (χ2n) is 15.3. The van der Waals surface area contributed by atoms with Gasteiger partial charge < -0.3 is 9.32 Å². The molecule has 0 aliphatic carbocycles. The van der Waals surface area contributed by atoms with E-state index in [1.165, 1.54) is 49.7 Å². The average molecular weight is 766 g/mol. The van der Waals surface area contributed by atoms with Crippen molar-refractivity contribution in [2.45, 2.75) is 0 Å². The molecule has 2 heteroatoms. The Kier molecular flexibility index (Phi) is 8.87. The van der Waals surface area contributed by atoms with Gasteiger partial charge in [-0.1, -0.05) is 170 Å². The third kappa shape index (κ3) is 6.61. The second kappa shape index (κ2) is 15.1. The predicted molar refractivity (Wildman–Crippen MR) is 253 cm³/mol. The number of para-hydroxylation sites is 1. The minimum Gasteiger partial charge on any atom is -0.456 e. The van der Waals surface area contributed by atoms with Crippen LogP contribution in [0, 0.1) is 0 Å². The Hall–Kier alpha value is -7.94. The SMILES string of the molecule is c1ccc(-c2cccc(-c3cccc(N(c4ccc(-c5ccc6cc(-c7ccccc7)ccc6c5)cc4)c4cccc(-c5cccc6oc7ccccc7c56)c4)c3)c2)cc1. The predicted octanol–water partition coefficient (Wildman–Crippen LogP) is 16.5. The summed E-state index contributed by atoms with van der Waals surface area (Å²) >= 11 is 0. The van der Waals surface area contributed by atoms with Gasteiger partial charge in [0.05, 0.1) is 0 Å². The van der Waals surface area contributed by atoms with Crippen molar-refractivity contribution in [1.29, 1.82) is 0 Å². The van der Waals surface area contributed by atoms with Gasteiger partial charge in [0.2, 0.25) is 0 Å². The van der Waals surface area contributed by atoms with E-state index in [4.69, 9.17) is 4.42 Å². The zero-order valence-corrected chi connectivity index (χ0v) is 32.9. The van der Waals surface area contributed by atoms with Crippen molar-refractivity contribution < 1.29 is 4.42 Å². The van der Waals surface area contributed by atoms with Crippen LogP contribution in [0.3, 0.4) is 0 Å². The molecule has 0 aliphatic rings. The first kappa shape index (κ1) is 35.2. The lowest BCUT2D eigenvalue weighted by Crippen LogP contribution is -2.10. The zero-order chi connectivity index (χ0) is 39.8. The minimum absolute atomic E-state index is 0.891. The fraction of sp³-hybridized carbons (Fsp3) is 0. The first-order chi connectivity index (χ1) is 29.7. The molecule has 0 bridgehead atoms. The molecule has 0 amide bonds. The van der Waals surface area contributed by atoms with Crippen molar-refractivity contribution in [3.05, 3.63) is 237 Å². The Morgan fingerprint density at radius 2 is 0.717 bits per heavy atom. The van der Waals surface area contributed by atoms with E-state index < -0.39 is 0 Å². The van der Waals surface area contributed by atoms with Gasteiger partial charge >= 0.3 is 0 Å². The van der Waals surface area contributed by atoms with E-state index >= 15 is 0 Å². The maximum atomic E-state index is 6.31. The van der Waals surface area contributed by atoms with Crippen molar-refractivity contribution >= 4 is 49.8 Å². The van der Waals surface area contributed by atoms with Crippen LogP contribution in [-0.4, -0.2) is 0 Å². The summed E-state index contributed by atoms with van der Waals surface area (Å²) in [5.41, 5.74) is 16.8. The molecule has 0 saturated heterocycles. The van der Waals surface area contributed by atoms with Crippen molar-refractivity contribution in [1.82, 2.24) is 0 Å². The molecule has 0 unspecified atom stereocenters. The highest BCUT2D eigenvalue weighted by molar-refractivity contribution is 6.12. The van der Waals surface area contributed by atoms with Gasteiger partial charge in [0.1, 0.15) is 11.2 Å². The highest BCUT2D eigenvalue weighted by atomic mass is 16.3. The summed E-state index contributed by atoms with van der Waals surface area (Å²) in [6.07, 6.45) is 0. The molecule has 1 heterocycles. The van der Waals surface area contributed by atoms with Crippen LogP contribution in [0.2, 0.25) is 0 Å². The molecule has 11 aromatic rings. The first-order valence-electron chi connectivity index (χ1n) is 20.5. The molecule has 0 radical (unpaired) electrons. The van der Waals surface area contributed by atoms with E-state index in [9.17, 15) is 0 Å². The van der Waals surface area contributed by atoms with Gasteiger partial charge in [0, 0.05) is 27.8 Å². The van der Waals surface area contributed by atoms with Gasteiger partial charge in [-0.3, -0.25) is 0 Å². The zero-order valence-electron chi connectivity index (χ0n) is 32.9. The van der Waals surface area contributed by atoms with Gasteiger partial charge in [-0.25, -0.2) is 0 Å². The van der Waals surface area contributed by atoms with Crippen molar-refractivity contribution in [3.63, 3.8) is 0 Å². The largest absolute Gasteiger partial charge is 0.456 e. The van der Waals surface area contributed by atoms with Crippen molar-refractivity contribution in [2.24, 2.45) is 0 Å². The second-order valence-corrected chi connectivity index (χ2v) is 15.3. The molecule has 10 aromatic carbocycles. The highest BCUT2D eigenvalue weighted by Crippen LogP contribution is 2.42. The number of benzene rings is 10. The number of nitrogens with zero attached hydrogens (tertiary/aromatic N) is 1. The summed E-state index contributed by atoms with van der Waals surface area (Å²) in [5, 5.41) is 4.71. The fourth-order valence-electron chi connectivity index (χ4n) is 8.65. The summed E-state index contributed by atoms with van der Waals surface area (Å²) in [6.45, 7) is 0. The van der Waals surface area contributed by atoms with E-state index in [-0.39, 0.29) is 0 Å². The first-order valence-corrected chi connectivity index (χ1v) is 20.5. The number of furan rings is 1. The van der Waals surface area contributed by atoms with E-state index in [2.05, 4.69) is 229 Å². The summed E-state index contributed by atoms with van der Waals surface area (Å²) in [6, 6.07) is 84.9. The Morgan fingerprint density at radius 1 is 0.267 bits per heavy atom. The number of hydrogen-bond donors (Lipinski definition) is 0. The lowest BCUT2D eigenvalue weighted by molar-refractivity contribution is 0.669. The van der Waals surface area contributed by atoms with Crippen LogP contribution in [0.5, 0.6) is 0 Å². The van der Waals surface area contributed by atoms with Crippen LogP contribution in [0.1, 0.15) is 0 Å². The smallest absolute Gasteiger partial charge is 0.136 e. The van der Waals surface area contributed by atoms with Crippen LogP contribution in [0.15, 0.2) is 241 Å². The van der Waals surface area contributed by atoms with Gasteiger partial charge in [-0.2, -0.15) is 0 Å². The van der Waals surface area contributed by atoms with E-state index in [1.54, 1.807) is 0 Å². The standard InChI is InChI=1S/C58H39NO/c1-3-13-40(14-4-1)43-17-9-18-44(35-43)45-19-10-21-52(38-45)59(53-22-11-20-50(39-53)54-24-12-26-57-58(54)55-23-7-8-25-56(55)60-57)51-33-31-42(32-34-51)47-28-30-48-36-46(27-29-49(48)37-47)41-15-5-2-6-16-41/h1-39H. The summed E-state index contributed by atoms with van der Waals surface area (Å²) < 4.78 is 6.31. The molecule has 0 aliphatic heterocycles. The van der Waals surface area contributed by atoms with Crippen LogP contribution in [0.25, 0.3) is 88.3 Å².